The highest BCUT2D eigenvalue weighted by atomic mass is 14.8. The van der Waals surface area contributed by atoms with Crippen molar-refractivity contribution in [2.24, 2.45) is 11.7 Å². The molecule has 1 unspecified atom stereocenters. The summed E-state index contributed by atoms with van der Waals surface area (Å²) in [5.41, 5.74) is 8.01. The molecule has 1 fully saturated rings. The molecule has 1 heteroatoms. The quantitative estimate of drug-likeness (QED) is 0.684. The predicted molar refractivity (Wildman–Crippen MR) is 92.3 cm³/mol. The standard InChI is InChI=1S/C20H29N/c1-3-15-20(21,16-4-2)19(17-11-7-5-8-12-17)18-13-9-6-10-14-18/h3-5,7-8,11-12,18-19H,1-2,6,9-10,13-16,21H2. The van der Waals surface area contributed by atoms with E-state index in [0.29, 0.717) is 11.8 Å². The number of hydrogen-bond donors (Lipinski definition) is 1. The van der Waals surface area contributed by atoms with Crippen molar-refractivity contribution in [2.75, 3.05) is 0 Å². The Labute approximate surface area is 129 Å². The fourth-order valence-electron chi connectivity index (χ4n) is 4.08. The van der Waals surface area contributed by atoms with Crippen LogP contribution >= 0.6 is 0 Å². The maximum Gasteiger partial charge on any atom is 0.0296 e. The molecule has 0 aliphatic heterocycles. The smallest absolute Gasteiger partial charge is 0.0296 e. The lowest BCUT2D eigenvalue weighted by molar-refractivity contribution is 0.212. The Morgan fingerprint density at radius 2 is 1.62 bits per heavy atom. The Morgan fingerprint density at radius 1 is 1.05 bits per heavy atom. The van der Waals surface area contributed by atoms with Crippen LogP contribution in [0, 0.1) is 5.92 Å². The van der Waals surface area contributed by atoms with Crippen LogP contribution in [-0.4, -0.2) is 5.54 Å². The van der Waals surface area contributed by atoms with Gasteiger partial charge in [-0.1, -0.05) is 61.7 Å². The van der Waals surface area contributed by atoms with Crippen molar-refractivity contribution in [3.8, 4) is 0 Å². The zero-order chi connectivity index (χ0) is 15.1. The molecule has 2 rings (SSSR count). The molecule has 0 spiro atoms. The van der Waals surface area contributed by atoms with E-state index in [1.807, 2.05) is 12.2 Å². The minimum atomic E-state index is -0.257. The molecule has 1 saturated carbocycles. The molecule has 0 aromatic heterocycles. The van der Waals surface area contributed by atoms with E-state index in [9.17, 15) is 0 Å². The molecule has 0 radical (unpaired) electrons. The van der Waals surface area contributed by atoms with E-state index in [0.717, 1.165) is 12.8 Å². The fraction of sp³-hybridized carbons (Fsp3) is 0.500. The van der Waals surface area contributed by atoms with Crippen molar-refractivity contribution in [3.63, 3.8) is 0 Å². The van der Waals surface area contributed by atoms with Crippen LogP contribution < -0.4 is 5.73 Å². The molecule has 1 atom stereocenters. The highest BCUT2D eigenvalue weighted by Crippen LogP contribution is 2.44. The molecular formula is C20H29N. The van der Waals surface area contributed by atoms with E-state index in [1.165, 1.54) is 37.7 Å². The van der Waals surface area contributed by atoms with Crippen LogP contribution in [0.2, 0.25) is 0 Å². The van der Waals surface area contributed by atoms with Crippen LogP contribution in [0.5, 0.6) is 0 Å². The summed E-state index contributed by atoms with van der Waals surface area (Å²) >= 11 is 0. The van der Waals surface area contributed by atoms with Crippen LogP contribution in [0.1, 0.15) is 56.4 Å². The normalized spacial score (nSPS) is 18.1. The van der Waals surface area contributed by atoms with Crippen molar-refractivity contribution >= 4 is 0 Å². The second-order valence-electron chi connectivity index (χ2n) is 6.51. The van der Waals surface area contributed by atoms with Crippen molar-refractivity contribution in [3.05, 3.63) is 61.2 Å². The molecule has 114 valence electrons. The Balaban J connectivity index is 2.37. The van der Waals surface area contributed by atoms with Gasteiger partial charge in [-0.25, -0.2) is 0 Å². The molecule has 1 aliphatic rings. The van der Waals surface area contributed by atoms with Gasteiger partial charge in [0.05, 0.1) is 0 Å². The average Bonchev–Trinajstić information content (AvgIpc) is 2.50. The summed E-state index contributed by atoms with van der Waals surface area (Å²) in [6, 6.07) is 10.8. The lowest BCUT2D eigenvalue weighted by atomic mass is 9.65. The first-order chi connectivity index (χ1) is 10.2. The third-order valence-electron chi connectivity index (χ3n) is 4.95. The molecule has 0 heterocycles. The summed E-state index contributed by atoms with van der Waals surface area (Å²) in [5.74, 6) is 1.08. The van der Waals surface area contributed by atoms with E-state index in [1.54, 1.807) is 0 Å². The van der Waals surface area contributed by atoms with E-state index >= 15 is 0 Å². The second kappa shape index (κ2) is 7.61. The number of benzene rings is 1. The summed E-state index contributed by atoms with van der Waals surface area (Å²) in [7, 11) is 0. The Kier molecular flexibility index (Phi) is 5.81. The first-order valence-electron chi connectivity index (χ1n) is 8.27. The molecule has 0 amide bonds. The van der Waals surface area contributed by atoms with E-state index in [2.05, 4.69) is 43.5 Å². The van der Waals surface area contributed by atoms with Gasteiger partial charge in [0.1, 0.15) is 0 Å². The van der Waals surface area contributed by atoms with Gasteiger partial charge in [0.25, 0.3) is 0 Å². The maximum absolute atomic E-state index is 6.88. The van der Waals surface area contributed by atoms with Crippen molar-refractivity contribution in [1.82, 2.24) is 0 Å². The van der Waals surface area contributed by atoms with Gasteiger partial charge in [-0.3, -0.25) is 0 Å². The van der Waals surface area contributed by atoms with Crippen molar-refractivity contribution in [1.29, 1.82) is 0 Å². The lowest BCUT2D eigenvalue weighted by Crippen LogP contribution is -2.48. The molecule has 1 aromatic carbocycles. The largest absolute Gasteiger partial charge is 0.324 e. The fourth-order valence-corrected chi connectivity index (χ4v) is 4.08. The van der Waals surface area contributed by atoms with E-state index in [4.69, 9.17) is 5.73 Å². The SMILES string of the molecule is C=CCC(N)(CC=C)C(c1ccccc1)C1CCCCC1. The van der Waals surface area contributed by atoms with Crippen LogP contribution in [0.3, 0.4) is 0 Å². The van der Waals surface area contributed by atoms with Gasteiger partial charge in [-0.05, 0) is 37.2 Å². The molecule has 0 saturated heterocycles. The monoisotopic (exact) mass is 283 g/mol. The first kappa shape index (κ1) is 16.0. The minimum Gasteiger partial charge on any atom is -0.324 e. The average molecular weight is 283 g/mol. The van der Waals surface area contributed by atoms with Gasteiger partial charge in [0, 0.05) is 11.5 Å². The van der Waals surface area contributed by atoms with Crippen LogP contribution in [0.4, 0.5) is 0 Å². The Morgan fingerprint density at radius 3 is 2.14 bits per heavy atom. The molecule has 2 N–H and O–H groups in total. The summed E-state index contributed by atoms with van der Waals surface area (Å²) in [6.45, 7) is 7.87. The second-order valence-corrected chi connectivity index (χ2v) is 6.51. The van der Waals surface area contributed by atoms with Crippen molar-refractivity contribution < 1.29 is 0 Å². The van der Waals surface area contributed by atoms with E-state index in [-0.39, 0.29) is 5.54 Å². The summed E-state index contributed by atoms with van der Waals surface area (Å²) in [4.78, 5) is 0. The van der Waals surface area contributed by atoms with Crippen molar-refractivity contribution in [2.45, 2.75) is 56.4 Å². The molecule has 0 bridgehead atoms. The molecular weight excluding hydrogens is 254 g/mol. The highest BCUT2D eigenvalue weighted by molar-refractivity contribution is 5.26. The third-order valence-corrected chi connectivity index (χ3v) is 4.95. The van der Waals surface area contributed by atoms with E-state index < -0.39 is 0 Å². The van der Waals surface area contributed by atoms with Gasteiger partial charge in [-0.15, -0.1) is 13.2 Å². The van der Waals surface area contributed by atoms with Crippen LogP contribution in [0.15, 0.2) is 55.6 Å². The summed E-state index contributed by atoms with van der Waals surface area (Å²) in [6.07, 6.45) is 12.3. The summed E-state index contributed by atoms with van der Waals surface area (Å²) < 4.78 is 0. The van der Waals surface area contributed by atoms with Crippen LogP contribution in [0.25, 0.3) is 0 Å². The van der Waals surface area contributed by atoms with Crippen LogP contribution in [-0.2, 0) is 0 Å². The molecule has 1 aromatic rings. The Hall–Kier alpha value is -1.34. The summed E-state index contributed by atoms with van der Waals surface area (Å²) in [5, 5.41) is 0. The van der Waals surface area contributed by atoms with Gasteiger partial charge in [0.2, 0.25) is 0 Å². The van der Waals surface area contributed by atoms with Gasteiger partial charge >= 0.3 is 0 Å². The lowest BCUT2D eigenvalue weighted by Gasteiger charge is -2.43. The van der Waals surface area contributed by atoms with Gasteiger partial charge in [0.15, 0.2) is 0 Å². The topological polar surface area (TPSA) is 26.0 Å². The zero-order valence-electron chi connectivity index (χ0n) is 13.1. The third kappa shape index (κ3) is 3.85. The predicted octanol–water partition coefficient (Wildman–Crippen LogP) is 5.20. The highest BCUT2D eigenvalue weighted by Gasteiger charge is 2.39. The van der Waals surface area contributed by atoms with Gasteiger partial charge < -0.3 is 5.73 Å². The number of hydrogen-bond acceptors (Lipinski definition) is 1. The molecule has 21 heavy (non-hydrogen) atoms. The zero-order valence-corrected chi connectivity index (χ0v) is 13.1. The van der Waals surface area contributed by atoms with Gasteiger partial charge in [-0.2, -0.15) is 0 Å². The molecule has 1 nitrogen and oxygen atoms in total. The maximum atomic E-state index is 6.88. The minimum absolute atomic E-state index is 0.257. The number of nitrogens with two attached hydrogens (primary N) is 1. The Bertz CT molecular complexity index is 432. The first-order valence-corrected chi connectivity index (χ1v) is 8.27. The molecule has 1 aliphatic carbocycles. The number of rotatable bonds is 7.